The summed E-state index contributed by atoms with van der Waals surface area (Å²) in [5.41, 5.74) is 6.15. The molecule has 0 bridgehead atoms. The molecule has 1 amide bonds. The molecule has 1 unspecified atom stereocenters. The minimum absolute atomic E-state index is 0.0130. The van der Waals surface area contributed by atoms with Gasteiger partial charge in [0.1, 0.15) is 22.3 Å². The molecule has 1 saturated heterocycles. The highest BCUT2D eigenvalue weighted by Crippen LogP contribution is 2.39. The van der Waals surface area contributed by atoms with Gasteiger partial charge in [-0.25, -0.2) is 23.1 Å². The molecule has 13 heteroatoms. The van der Waals surface area contributed by atoms with Crippen LogP contribution < -0.4 is 20.1 Å². The number of nitrogens with two attached hydrogens (primary N) is 1. The average Bonchev–Trinajstić information content (AvgIpc) is 3.10. The number of alkyl halides is 3. The molecule has 0 saturated carbocycles. The summed E-state index contributed by atoms with van der Waals surface area (Å²) in [7, 11) is -4.34. The van der Waals surface area contributed by atoms with Gasteiger partial charge in [0.25, 0.3) is 15.9 Å². The van der Waals surface area contributed by atoms with E-state index in [0.717, 1.165) is 18.6 Å². The third-order valence-electron chi connectivity index (χ3n) is 6.76. The molecule has 1 fully saturated rings. The van der Waals surface area contributed by atoms with Gasteiger partial charge in [0, 0.05) is 23.8 Å². The average molecular weight is 550 g/mol. The van der Waals surface area contributed by atoms with Crippen molar-refractivity contribution in [2.75, 3.05) is 17.2 Å². The van der Waals surface area contributed by atoms with Gasteiger partial charge in [-0.3, -0.25) is 4.79 Å². The summed E-state index contributed by atoms with van der Waals surface area (Å²) in [5, 5.41) is 0. The molecule has 3 N–H and O–H groups in total. The molecule has 202 valence electrons. The molecule has 0 spiro atoms. The fourth-order valence-corrected chi connectivity index (χ4v) is 5.34. The van der Waals surface area contributed by atoms with Crippen LogP contribution in [0.1, 0.15) is 37.6 Å². The first kappa shape index (κ1) is 27.2. The van der Waals surface area contributed by atoms with Crippen molar-refractivity contribution in [3.05, 3.63) is 60.3 Å². The number of pyridine rings is 2. The van der Waals surface area contributed by atoms with E-state index in [0.29, 0.717) is 17.8 Å². The number of amides is 1. The number of aromatic nitrogens is 2. The number of anilines is 2. The summed E-state index contributed by atoms with van der Waals surface area (Å²) in [6.07, 6.45) is -2.68. The minimum atomic E-state index is -4.82. The molecule has 3 aromatic rings. The van der Waals surface area contributed by atoms with Gasteiger partial charge in [-0.2, -0.15) is 0 Å². The Labute approximate surface area is 217 Å². The normalized spacial score (nSPS) is 17.3. The zero-order valence-electron chi connectivity index (χ0n) is 20.8. The fraction of sp³-hybridized carbons (Fsp3) is 0.320. The van der Waals surface area contributed by atoms with Crippen molar-refractivity contribution in [2.45, 2.75) is 44.0 Å². The molecule has 2 aromatic heterocycles. The first-order valence-corrected chi connectivity index (χ1v) is 13.1. The van der Waals surface area contributed by atoms with Crippen LogP contribution in [0.2, 0.25) is 0 Å². The Morgan fingerprint density at radius 3 is 2.42 bits per heavy atom. The second-order valence-corrected chi connectivity index (χ2v) is 11.1. The van der Waals surface area contributed by atoms with Crippen molar-refractivity contribution in [2.24, 2.45) is 5.92 Å². The molecule has 0 aliphatic carbocycles. The number of carbonyl (C=O) groups is 1. The van der Waals surface area contributed by atoms with Crippen LogP contribution in [0.3, 0.4) is 0 Å². The maximum absolute atomic E-state index is 13.3. The van der Waals surface area contributed by atoms with Crippen LogP contribution in [0.5, 0.6) is 5.75 Å². The zero-order chi connectivity index (χ0) is 27.9. The van der Waals surface area contributed by atoms with E-state index < -0.39 is 27.8 Å². The van der Waals surface area contributed by atoms with Crippen LogP contribution in [0.25, 0.3) is 11.3 Å². The lowest BCUT2D eigenvalue weighted by Crippen LogP contribution is -2.43. The van der Waals surface area contributed by atoms with Gasteiger partial charge in [-0.1, -0.05) is 6.92 Å². The maximum Gasteiger partial charge on any atom is 0.573 e. The summed E-state index contributed by atoms with van der Waals surface area (Å²) < 4.78 is 69.3. The third kappa shape index (κ3) is 5.52. The highest BCUT2D eigenvalue weighted by atomic mass is 32.2. The highest BCUT2D eigenvalue weighted by molar-refractivity contribution is 7.90. The molecule has 9 nitrogen and oxygen atoms in total. The number of benzene rings is 1. The molecule has 1 aliphatic heterocycles. The summed E-state index contributed by atoms with van der Waals surface area (Å²) >= 11 is 0. The Kier molecular flexibility index (Phi) is 6.99. The number of nitrogens with zero attached hydrogens (tertiary/aromatic N) is 3. The largest absolute Gasteiger partial charge is 0.573 e. The van der Waals surface area contributed by atoms with E-state index in [9.17, 15) is 26.4 Å². The van der Waals surface area contributed by atoms with E-state index in [2.05, 4.69) is 21.6 Å². The molecule has 4 rings (SSSR count). The number of hydrogen-bond donors (Lipinski definition) is 2. The van der Waals surface area contributed by atoms with E-state index in [1.807, 2.05) is 23.5 Å². The Bertz CT molecular complexity index is 1460. The molecule has 3 heterocycles. The van der Waals surface area contributed by atoms with Crippen molar-refractivity contribution < 1.29 is 31.1 Å². The number of rotatable bonds is 6. The molecule has 0 radical (unpaired) electrons. The lowest BCUT2D eigenvalue weighted by atomic mass is 9.90. The summed E-state index contributed by atoms with van der Waals surface area (Å²) in [6, 6.07) is 10.7. The van der Waals surface area contributed by atoms with Crippen molar-refractivity contribution in [3.63, 3.8) is 0 Å². The van der Waals surface area contributed by atoms with Gasteiger partial charge in [0.2, 0.25) is 0 Å². The Hall–Kier alpha value is -3.87. The number of sulfonamides is 1. The fourth-order valence-electron chi connectivity index (χ4n) is 4.29. The van der Waals surface area contributed by atoms with Crippen LogP contribution in [-0.2, 0) is 10.0 Å². The summed E-state index contributed by atoms with van der Waals surface area (Å²) in [5.74, 6) is -1.06. The van der Waals surface area contributed by atoms with Crippen LogP contribution in [0, 0.1) is 5.92 Å². The lowest BCUT2D eigenvalue weighted by Gasteiger charge is -2.36. The lowest BCUT2D eigenvalue weighted by molar-refractivity contribution is -0.274. The monoisotopic (exact) mass is 549 g/mol. The number of carbonyl (C=O) groups excluding carboxylic acids is 1. The van der Waals surface area contributed by atoms with Gasteiger partial charge < -0.3 is 15.4 Å². The maximum atomic E-state index is 13.3. The number of hydrogen-bond acceptors (Lipinski definition) is 8. The summed E-state index contributed by atoms with van der Waals surface area (Å²) in [4.78, 5) is 23.3. The number of nitrogens with one attached hydrogen (secondary N) is 1. The smallest absolute Gasteiger partial charge is 0.406 e. The van der Waals surface area contributed by atoms with Crippen LogP contribution in [-0.4, -0.2) is 42.7 Å². The Balaban J connectivity index is 1.73. The molecular weight excluding hydrogens is 523 g/mol. The van der Waals surface area contributed by atoms with Crippen LogP contribution >= 0.6 is 0 Å². The minimum Gasteiger partial charge on any atom is -0.406 e. The standard InChI is InChI=1S/C25H26F3N5O4S/c1-15-12-14-33(24(15,2)3)22-18(23(34)32-38(35,36)20-5-4-13-30-21(20)29)10-11-19(31-22)16-6-8-17(9-7-16)37-25(26,27)28/h4-11,13,15H,12,14H2,1-3H3,(H2,29,30)(H,32,34). The Morgan fingerprint density at radius 2 is 1.84 bits per heavy atom. The van der Waals surface area contributed by atoms with Gasteiger partial charge in [0.05, 0.1) is 11.3 Å². The first-order chi connectivity index (χ1) is 17.7. The van der Waals surface area contributed by atoms with Gasteiger partial charge in [-0.05, 0) is 74.7 Å². The molecular formula is C25H26F3N5O4S. The van der Waals surface area contributed by atoms with Crippen LogP contribution in [0.4, 0.5) is 24.8 Å². The molecule has 1 aromatic carbocycles. The van der Waals surface area contributed by atoms with E-state index >= 15 is 0 Å². The van der Waals surface area contributed by atoms with E-state index in [-0.39, 0.29) is 33.8 Å². The molecule has 1 atom stereocenters. The number of nitrogen functional groups attached to an aromatic ring is 1. The van der Waals surface area contributed by atoms with E-state index in [4.69, 9.17) is 5.73 Å². The predicted octanol–water partition coefficient (Wildman–Crippen LogP) is 4.37. The first-order valence-electron chi connectivity index (χ1n) is 11.6. The third-order valence-corrected chi connectivity index (χ3v) is 8.14. The Morgan fingerprint density at radius 1 is 1.16 bits per heavy atom. The second-order valence-electron chi connectivity index (χ2n) is 9.46. The molecule has 1 aliphatic rings. The quantitative estimate of drug-likeness (QED) is 0.464. The SMILES string of the molecule is CC1CCN(c2nc(-c3ccc(OC(F)(F)F)cc3)ccc2C(=O)NS(=O)(=O)c2cccnc2N)C1(C)C. The van der Waals surface area contributed by atoms with E-state index in [1.165, 1.54) is 42.6 Å². The van der Waals surface area contributed by atoms with Gasteiger partial charge >= 0.3 is 6.36 Å². The zero-order valence-corrected chi connectivity index (χ0v) is 21.6. The van der Waals surface area contributed by atoms with Gasteiger partial charge in [0.15, 0.2) is 0 Å². The highest BCUT2D eigenvalue weighted by Gasteiger charge is 2.41. The number of halogens is 3. The second kappa shape index (κ2) is 9.78. The van der Waals surface area contributed by atoms with Crippen molar-refractivity contribution >= 4 is 27.6 Å². The van der Waals surface area contributed by atoms with Crippen molar-refractivity contribution in [1.29, 1.82) is 0 Å². The topological polar surface area (TPSA) is 128 Å². The van der Waals surface area contributed by atoms with Crippen molar-refractivity contribution in [1.82, 2.24) is 14.7 Å². The van der Waals surface area contributed by atoms with E-state index in [1.54, 1.807) is 0 Å². The van der Waals surface area contributed by atoms with Crippen molar-refractivity contribution in [3.8, 4) is 17.0 Å². The van der Waals surface area contributed by atoms with Crippen LogP contribution in [0.15, 0.2) is 59.6 Å². The van der Waals surface area contributed by atoms with Gasteiger partial charge in [-0.15, -0.1) is 13.2 Å². The molecule has 38 heavy (non-hydrogen) atoms. The summed E-state index contributed by atoms with van der Waals surface area (Å²) in [6.45, 7) is 6.62. The number of ether oxygens (including phenoxy) is 1. The predicted molar refractivity (Wildman–Crippen MR) is 135 cm³/mol.